The molecule has 1 aromatic rings. The number of hydrogen-bond acceptors (Lipinski definition) is 2. The third-order valence-corrected chi connectivity index (χ3v) is 3.20. The van der Waals surface area contributed by atoms with Crippen molar-refractivity contribution in [2.24, 2.45) is 7.05 Å². The van der Waals surface area contributed by atoms with Crippen molar-refractivity contribution in [3.05, 3.63) is 16.4 Å². The highest BCUT2D eigenvalue weighted by atomic mass is 35.5. The van der Waals surface area contributed by atoms with Crippen LogP contribution < -0.4 is 0 Å². The molecular formula is C11H19ClN2O. The van der Waals surface area contributed by atoms with Gasteiger partial charge >= 0.3 is 0 Å². The molecule has 0 aliphatic carbocycles. The molecule has 0 radical (unpaired) electrons. The van der Waals surface area contributed by atoms with Gasteiger partial charge in [-0.05, 0) is 27.2 Å². The fraction of sp³-hybridized carbons (Fsp3) is 0.727. The smallest absolute Gasteiger partial charge is 0.132 e. The predicted octanol–water partition coefficient (Wildman–Crippen LogP) is 3.09. The molecule has 3 nitrogen and oxygen atoms in total. The van der Waals surface area contributed by atoms with Gasteiger partial charge in [-0.2, -0.15) is 5.10 Å². The quantitative estimate of drug-likeness (QED) is 0.795. The number of aromatic nitrogens is 2. The van der Waals surface area contributed by atoms with Crippen molar-refractivity contribution < 1.29 is 4.74 Å². The molecule has 1 heterocycles. The lowest BCUT2D eigenvalue weighted by molar-refractivity contribution is -0.0317. The third-order valence-electron chi connectivity index (χ3n) is 2.73. The van der Waals surface area contributed by atoms with Gasteiger partial charge < -0.3 is 4.74 Å². The first kappa shape index (κ1) is 12.5. The average Bonchev–Trinajstić information content (AvgIpc) is 2.39. The van der Waals surface area contributed by atoms with E-state index < -0.39 is 0 Å². The zero-order valence-corrected chi connectivity index (χ0v) is 10.9. The molecule has 15 heavy (non-hydrogen) atoms. The van der Waals surface area contributed by atoms with Crippen molar-refractivity contribution in [1.29, 1.82) is 0 Å². The zero-order chi connectivity index (χ0) is 11.6. The van der Waals surface area contributed by atoms with E-state index in [9.17, 15) is 0 Å². The van der Waals surface area contributed by atoms with E-state index in [-0.39, 0.29) is 5.60 Å². The van der Waals surface area contributed by atoms with Crippen LogP contribution in [0.4, 0.5) is 0 Å². The molecule has 0 unspecified atom stereocenters. The first-order chi connectivity index (χ1) is 6.87. The Kier molecular flexibility index (Phi) is 3.79. The van der Waals surface area contributed by atoms with Gasteiger partial charge in [0.2, 0.25) is 0 Å². The molecule has 0 atom stereocenters. The molecule has 0 aliphatic rings. The summed E-state index contributed by atoms with van der Waals surface area (Å²) in [5.74, 6) is 0. The standard InChI is InChI=1S/C11H19ClN2O/c1-6-11(3,4)15-7-9-8(2)13-14(5)10(9)12/h6-7H2,1-5H3. The SMILES string of the molecule is CCC(C)(C)OCc1c(C)nn(C)c1Cl. The van der Waals surface area contributed by atoms with Crippen LogP contribution >= 0.6 is 11.6 Å². The summed E-state index contributed by atoms with van der Waals surface area (Å²) >= 11 is 6.11. The van der Waals surface area contributed by atoms with Crippen molar-refractivity contribution in [3.8, 4) is 0 Å². The monoisotopic (exact) mass is 230 g/mol. The van der Waals surface area contributed by atoms with Gasteiger partial charge in [0.15, 0.2) is 0 Å². The Morgan fingerprint density at radius 2 is 2.07 bits per heavy atom. The molecular weight excluding hydrogens is 212 g/mol. The van der Waals surface area contributed by atoms with Crippen molar-refractivity contribution in [3.63, 3.8) is 0 Å². The Labute approximate surface area is 96.4 Å². The highest BCUT2D eigenvalue weighted by Crippen LogP contribution is 2.23. The molecule has 0 aliphatic heterocycles. The van der Waals surface area contributed by atoms with Gasteiger partial charge in [0.25, 0.3) is 0 Å². The predicted molar refractivity (Wildman–Crippen MR) is 62.1 cm³/mol. The lowest BCUT2D eigenvalue weighted by Gasteiger charge is -2.23. The topological polar surface area (TPSA) is 27.1 Å². The van der Waals surface area contributed by atoms with Crippen LogP contribution in [0.3, 0.4) is 0 Å². The molecule has 0 saturated carbocycles. The number of hydrogen-bond donors (Lipinski definition) is 0. The van der Waals surface area contributed by atoms with E-state index >= 15 is 0 Å². The molecule has 0 bridgehead atoms. The van der Waals surface area contributed by atoms with Gasteiger partial charge in [-0.1, -0.05) is 18.5 Å². The summed E-state index contributed by atoms with van der Waals surface area (Å²) in [6.07, 6.45) is 0.976. The Morgan fingerprint density at radius 3 is 2.47 bits per heavy atom. The summed E-state index contributed by atoms with van der Waals surface area (Å²) < 4.78 is 7.48. The second-order valence-electron chi connectivity index (χ2n) is 4.38. The molecule has 0 N–H and O–H groups in total. The van der Waals surface area contributed by atoms with E-state index in [4.69, 9.17) is 16.3 Å². The maximum absolute atomic E-state index is 6.11. The summed E-state index contributed by atoms with van der Waals surface area (Å²) in [6.45, 7) is 8.74. The number of nitrogens with zero attached hydrogens (tertiary/aromatic N) is 2. The summed E-state index contributed by atoms with van der Waals surface area (Å²) in [4.78, 5) is 0. The summed E-state index contributed by atoms with van der Waals surface area (Å²) in [7, 11) is 1.84. The number of aryl methyl sites for hydroxylation is 2. The maximum Gasteiger partial charge on any atom is 0.132 e. The maximum atomic E-state index is 6.11. The Morgan fingerprint density at radius 1 is 1.47 bits per heavy atom. The van der Waals surface area contributed by atoms with Gasteiger partial charge in [0, 0.05) is 12.6 Å². The first-order valence-electron chi connectivity index (χ1n) is 5.19. The molecule has 0 saturated heterocycles. The van der Waals surface area contributed by atoms with E-state index in [0.29, 0.717) is 11.8 Å². The van der Waals surface area contributed by atoms with E-state index in [2.05, 4.69) is 25.9 Å². The molecule has 0 fully saturated rings. The normalized spacial score (nSPS) is 12.1. The molecule has 86 valence electrons. The Balaban J connectivity index is 2.73. The van der Waals surface area contributed by atoms with Crippen LogP contribution in [0, 0.1) is 6.92 Å². The second-order valence-corrected chi connectivity index (χ2v) is 4.74. The minimum absolute atomic E-state index is 0.106. The number of ether oxygens (including phenoxy) is 1. The lowest BCUT2D eigenvalue weighted by Crippen LogP contribution is -2.22. The van der Waals surface area contributed by atoms with Crippen molar-refractivity contribution in [2.45, 2.75) is 46.3 Å². The molecule has 0 spiro atoms. The minimum Gasteiger partial charge on any atom is -0.371 e. The zero-order valence-electron chi connectivity index (χ0n) is 10.1. The van der Waals surface area contributed by atoms with Crippen LogP contribution in [0.2, 0.25) is 5.15 Å². The van der Waals surface area contributed by atoms with Crippen LogP contribution in [0.5, 0.6) is 0 Å². The van der Waals surface area contributed by atoms with Crippen molar-refractivity contribution >= 4 is 11.6 Å². The molecule has 4 heteroatoms. The van der Waals surface area contributed by atoms with Gasteiger partial charge in [0.05, 0.1) is 17.9 Å². The fourth-order valence-corrected chi connectivity index (χ4v) is 1.44. The number of halogens is 1. The van der Waals surface area contributed by atoms with Crippen LogP contribution in [-0.2, 0) is 18.4 Å². The highest BCUT2D eigenvalue weighted by Gasteiger charge is 2.18. The minimum atomic E-state index is -0.106. The second kappa shape index (κ2) is 4.54. The number of rotatable bonds is 4. The average molecular weight is 231 g/mol. The van der Waals surface area contributed by atoms with Crippen LogP contribution in [0.15, 0.2) is 0 Å². The van der Waals surface area contributed by atoms with Crippen molar-refractivity contribution in [1.82, 2.24) is 9.78 Å². The van der Waals surface area contributed by atoms with Gasteiger partial charge in [-0.15, -0.1) is 0 Å². The van der Waals surface area contributed by atoms with Crippen LogP contribution in [0.25, 0.3) is 0 Å². The lowest BCUT2D eigenvalue weighted by atomic mass is 10.1. The highest BCUT2D eigenvalue weighted by molar-refractivity contribution is 6.30. The third kappa shape index (κ3) is 2.95. The Hall–Kier alpha value is -0.540. The van der Waals surface area contributed by atoms with Gasteiger partial charge in [-0.25, -0.2) is 0 Å². The van der Waals surface area contributed by atoms with Crippen molar-refractivity contribution in [2.75, 3.05) is 0 Å². The van der Waals surface area contributed by atoms with Crippen LogP contribution in [0.1, 0.15) is 38.4 Å². The van der Waals surface area contributed by atoms with E-state index in [0.717, 1.165) is 17.7 Å². The van der Waals surface area contributed by atoms with E-state index in [1.165, 1.54) is 0 Å². The summed E-state index contributed by atoms with van der Waals surface area (Å²) in [5, 5.41) is 4.91. The largest absolute Gasteiger partial charge is 0.371 e. The van der Waals surface area contributed by atoms with E-state index in [1.807, 2.05) is 14.0 Å². The van der Waals surface area contributed by atoms with Gasteiger partial charge in [-0.3, -0.25) is 4.68 Å². The Bertz CT molecular complexity index is 345. The first-order valence-corrected chi connectivity index (χ1v) is 5.57. The summed E-state index contributed by atoms with van der Waals surface area (Å²) in [5.41, 5.74) is 1.82. The molecule has 1 rings (SSSR count). The van der Waals surface area contributed by atoms with Gasteiger partial charge in [0.1, 0.15) is 5.15 Å². The molecule has 0 amide bonds. The van der Waals surface area contributed by atoms with E-state index in [1.54, 1.807) is 4.68 Å². The van der Waals surface area contributed by atoms with Crippen LogP contribution in [-0.4, -0.2) is 15.4 Å². The molecule has 0 aromatic carbocycles. The summed E-state index contributed by atoms with van der Waals surface area (Å²) in [6, 6.07) is 0. The fourth-order valence-electron chi connectivity index (χ4n) is 1.21. The molecule has 1 aromatic heterocycles.